The molecule has 0 amide bonds. The fraction of sp³-hybridized carbons (Fsp3) is 0.353. The zero-order chi connectivity index (χ0) is 18.6. The van der Waals surface area contributed by atoms with Gasteiger partial charge in [0.15, 0.2) is 11.5 Å². The third kappa shape index (κ3) is 4.12. The molecule has 136 valence electrons. The molecule has 0 saturated carbocycles. The fourth-order valence-corrected chi connectivity index (χ4v) is 2.20. The molecule has 4 nitrogen and oxygen atoms in total. The van der Waals surface area contributed by atoms with Crippen LogP contribution in [0.4, 0.5) is 23.2 Å². The molecule has 1 N–H and O–H groups in total. The van der Waals surface area contributed by atoms with Crippen LogP contribution >= 0.6 is 0 Å². The fourth-order valence-electron chi connectivity index (χ4n) is 2.20. The lowest BCUT2D eigenvalue weighted by Gasteiger charge is -2.19. The van der Waals surface area contributed by atoms with Gasteiger partial charge in [-0.3, -0.25) is 0 Å². The third-order valence-corrected chi connectivity index (χ3v) is 3.51. The molecular formula is C17H18F4N2O2. The molecule has 0 saturated heterocycles. The summed E-state index contributed by atoms with van der Waals surface area (Å²) < 4.78 is 64.6. The maximum Gasteiger partial charge on any atom is 0.253 e. The van der Waals surface area contributed by atoms with Crippen LogP contribution < -0.4 is 14.8 Å². The molecule has 0 spiro atoms. The maximum atomic E-state index is 13.7. The Morgan fingerprint density at radius 3 is 2.28 bits per heavy atom. The third-order valence-electron chi connectivity index (χ3n) is 3.51. The number of nitrogens with one attached hydrogen (secondary N) is 1. The summed E-state index contributed by atoms with van der Waals surface area (Å²) in [6.45, 7) is 4.05. The summed E-state index contributed by atoms with van der Waals surface area (Å²) in [5.41, 5.74) is -0.333. The molecule has 0 bridgehead atoms. The SMILES string of the molecule is CCCOc1ccc(C(C)Nc2c(F)c(F)nc(F)c2F)cc1OC. The number of anilines is 1. The zero-order valence-electron chi connectivity index (χ0n) is 14.0. The Balaban J connectivity index is 2.28. The summed E-state index contributed by atoms with van der Waals surface area (Å²) in [4.78, 5) is 2.52. The van der Waals surface area contributed by atoms with Gasteiger partial charge >= 0.3 is 0 Å². The molecule has 2 aromatic rings. The number of halogens is 4. The summed E-state index contributed by atoms with van der Waals surface area (Å²) in [6, 6.07) is 4.27. The highest BCUT2D eigenvalue weighted by atomic mass is 19.2. The van der Waals surface area contributed by atoms with E-state index < -0.39 is 35.3 Å². The minimum absolute atomic E-state index is 0.438. The molecule has 1 aromatic carbocycles. The lowest BCUT2D eigenvalue weighted by molar-refractivity contribution is 0.294. The van der Waals surface area contributed by atoms with Crippen molar-refractivity contribution < 1.29 is 27.0 Å². The van der Waals surface area contributed by atoms with Crippen LogP contribution in [0.15, 0.2) is 18.2 Å². The summed E-state index contributed by atoms with van der Waals surface area (Å²) >= 11 is 0. The lowest BCUT2D eigenvalue weighted by atomic mass is 10.1. The maximum absolute atomic E-state index is 13.7. The van der Waals surface area contributed by atoms with Crippen LogP contribution in [0.1, 0.15) is 31.9 Å². The molecule has 1 heterocycles. The Morgan fingerprint density at radius 2 is 1.72 bits per heavy atom. The zero-order valence-corrected chi connectivity index (χ0v) is 14.0. The van der Waals surface area contributed by atoms with Crippen molar-refractivity contribution >= 4 is 5.69 Å². The van der Waals surface area contributed by atoms with Crippen molar-refractivity contribution in [1.82, 2.24) is 4.98 Å². The van der Waals surface area contributed by atoms with Crippen molar-refractivity contribution in [3.05, 3.63) is 47.3 Å². The Bertz CT molecular complexity index is 730. The van der Waals surface area contributed by atoms with Crippen LogP contribution in [0, 0.1) is 23.5 Å². The van der Waals surface area contributed by atoms with Gasteiger partial charge in [-0.1, -0.05) is 13.0 Å². The molecule has 1 aromatic heterocycles. The van der Waals surface area contributed by atoms with Crippen molar-refractivity contribution in [2.45, 2.75) is 26.3 Å². The van der Waals surface area contributed by atoms with Gasteiger partial charge in [0.25, 0.3) is 11.9 Å². The van der Waals surface area contributed by atoms with E-state index in [4.69, 9.17) is 9.47 Å². The number of rotatable bonds is 7. The minimum Gasteiger partial charge on any atom is -0.493 e. The number of ether oxygens (including phenoxy) is 2. The van der Waals surface area contributed by atoms with E-state index in [0.29, 0.717) is 23.7 Å². The largest absolute Gasteiger partial charge is 0.493 e. The normalized spacial score (nSPS) is 12.0. The van der Waals surface area contributed by atoms with Crippen LogP contribution in [-0.4, -0.2) is 18.7 Å². The van der Waals surface area contributed by atoms with Crippen molar-refractivity contribution in [1.29, 1.82) is 0 Å². The molecule has 0 aliphatic carbocycles. The molecule has 25 heavy (non-hydrogen) atoms. The quantitative estimate of drug-likeness (QED) is 0.580. The van der Waals surface area contributed by atoms with E-state index in [2.05, 4.69) is 10.3 Å². The van der Waals surface area contributed by atoms with Gasteiger partial charge in [-0.05, 0) is 31.0 Å². The van der Waals surface area contributed by atoms with Gasteiger partial charge in [0.05, 0.1) is 13.7 Å². The van der Waals surface area contributed by atoms with E-state index in [9.17, 15) is 17.6 Å². The highest BCUT2D eigenvalue weighted by molar-refractivity contribution is 5.50. The number of nitrogens with zero attached hydrogens (tertiary/aromatic N) is 1. The smallest absolute Gasteiger partial charge is 0.253 e. The van der Waals surface area contributed by atoms with Gasteiger partial charge in [-0.25, -0.2) is 0 Å². The first-order chi connectivity index (χ1) is 11.9. The summed E-state index contributed by atoms with van der Waals surface area (Å²) in [5, 5.41) is 2.42. The Kier molecular flexibility index (Phi) is 6.06. The van der Waals surface area contributed by atoms with E-state index >= 15 is 0 Å². The summed E-state index contributed by atoms with van der Waals surface area (Å²) in [5.74, 6) is -5.63. The van der Waals surface area contributed by atoms with E-state index in [1.165, 1.54) is 7.11 Å². The van der Waals surface area contributed by atoms with Crippen molar-refractivity contribution in [2.24, 2.45) is 0 Å². The number of benzene rings is 1. The highest BCUT2D eigenvalue weighted by Crippen LogP contribution is 2.32. The number of hydrogen-bond donors (Lipinski definition) is 1. The number of pyridine rings is 1. The Morgan fingerprint density at radius 1 is 1.08 bits per heavy atom. The van der Waals surface area contributed by atoms with Gasteiger partial charge < -0.3 is 14.8 Å². The molecule has 0 radical (unpaired) electrons. The highest BCUT2D eigenvalue weighted by Gasteiger charge is 2.22. The number of aromatic nitrogens is 1. The second-order valence-electron chi connectivity index (χ2n) is 5.32. The monoisotopic (exact) mass is 358 g/mol. The van der Waals surface area contributed by atoms with Crippen LogP contribution in [0.5, 0.6) is 11.5 Å². The van der Waals surface area contributed by atoms with Crippen molar-refractivity contribution in [3.8, 4) is 11.5 Å². The standard InChI is InChI=1S/C17H18F4N2O2/c1-4-7-25-11-6-5-10(8-12(11)24-3)9(2)22-15-13(18)16(20)23-17(21)14(15)19/h5-6,8-9H,4,7H2,1-3H3,(H,22,23). The molecule has 0 aliphatic heterocycles. The Labute approximate surface area is 142 Å². The first kappa shape index (κ1) is 18.8. The first-order valence-electron chi connectivity index (χ1n) is 7.66. The number of methoxy groups -OCH3 is 1. The molecular weight excluding hydrogens is 340 g/mol. The predicted molar refractivity (Wildman–Crippen MR) is 84.9 cm³/mol. The van der Waals surface area contributed by atoms with Crippen LogP contribution in [0.2, 0.25) is 0 Å². The molecule has 2 rings (SSSR count). The molecule has 0 aliphatic rings. The van der Waals surface area contributed by atoms with E-state index in [0.717, 1.165) is 6.42 Å². The van der Waals surface area contributed by atoms with Crippen LogP contribution in [0.25, 0.3) is 0 Å². The first-order valence-corrected chi connectivity index (χ1v) is 7.66. The summed E-state index contributed by atoms with van der Waals surface area (Å²) in [6.07, 6.45) is 0.820. The van der Waals surface area contributed by atoms with Gasteiger partial charge in [0, 0.05) is 6.04 Å². The predicted octanol–water partition coefficient (Wildman–Crippen LogP) is 4.61. The van der Waals surface area contributed by atoms with E-state index in [-0.39, 0.29) is 0 Å². The second-order valence-corrected chi connectivity index (χ2v) is 5.32. The lowest BCUT2D eigenvalue weighted by Crippen LogP contribution is -2.13. The molecule has 1 unspecified atom stereocenters. The van der Waals surface area contributed by atoms with Crippen molar-refractivity contribution in [3.63, 3.8) is 0 Å². The second kappa shape index (κ2) is 8.04. The van der Waals surface area contributed by atoms with E-state index in [1.54, 1.807) is 25.1 Å². The van der Waals surface area contributed by atoms with E-state index in [1.807, 2.05) is 6.92 Å². The average molecular weight is 358 g/mol. The number of hydrogen-bond acceptors (Lipinski definition) is 4. The Hall–Kier alpha value is -2.51. The topological polar surface area (TPSA) is 43.4 Å². The van der Waals surface area contributed by atoms with Crippen LogP contribution in [0.3, 0.4) is 0 Å². The average Bonchev–Trinajstić information content (AvgIpc) is 2.61. The van der Waals surface area contributed by atoms with Gasteiger partial charge in [-0.15, -0.1) is 0 Å². The van der Waals surface area contributed by atoms with Crippen molar-refractivity contribution in [2.75, 3.05) is 19.0 Å². The minimum atomic E-state index is -1.71. The van der Waals surface area contributed by atoms with Gasteiger partial charge in [0.2, 0.25) is 11.6 Å². The van der Waals surface area contributed by atoms with Gasteiger partial charge in [-0.2, -0.15) is 22.5 Å². The molecule has 8 heteroatoms. The summed E-state index contributed by atoms with van der Waals surface area (Å²) in [7, 11) is 1.46. The van der Waals surface area contributed by atoms with Crippen LogP contribution in [-0.2, 0) is 0 Å². The molecule has 0 fully saturated rings. The molecule has 1 atom stereocenters. The van der Waals surface area contributed by atoms with Gasteiger partial charge in [0.1, 0.15) is 5.69 Å².